The Bertz CT molecular complexity index is 1120. The van der Waals surface area contributed by atoms with Crippen molar-refractivity contribution in [3.05, 3.63) is 59.5 Å². The van der Waals surface area contributed by atoms with Gasteiger partial charge in [0.25, 0.3) is 0 Å². The SMILES string of the molecule is N#Cc1c(O)c(C(=O)CCC(=O)O)nc2c(-c3cccc(F)c3)cccc12. The number of fused-ring (bicyclic) bond motifs is 1. The van der Waals surface area contributed by atoms with E-state index in [1.807, 2.05) is 6.07 Å². The highest BCUT2D eigenvalue weighted by atomic mass is 19.1. The lowest BCUT2D eigenvalue weighted by Gasteiger charge is -2.11. The maximum absolute atomic E-state index is 13.6. The Morgan fingerprint density at radius 2 is 1.89 bits per heavy atom. The van der Waals surface area contributed by atoms with E-state index in [-0.39, 0.29) is 23.2 Å². The van der Waals surface area contributed by atoms with Crippen LogP contribution in [0.1, 0.15) is 28.9 Å². The van der Waals surface area contributed by atoms with Gasteiger partial charge in [-0.1, -0.05) is 30.3 Å². The third-order valence-corrected chi connectivity index (χ3v) is 4.07. The van der Waals surface area contributed by atoms with Crippen molar-refractivity contribution in [2.45, 2.75) is 12.8 Å². The predicted octanol–water partition coefficient (Wildman–Crippen LogP) is 3.67. The predicted molar refractivity (Wildman–Crippen MR) is 94.7 cm³/mol. The van der Waals surface area contributed by atoms with Crippen molar-refractivity contribution in [2.24, 2.45) is 0 Å². The number of aliphatic carboxylic acids is 1. The first kappa shape index (κ1) is 18.0. The fourth-order valence-corrected chi connectivity index (χ4v) is 2.81. The molecule has 2 N–H and O–H groups in total. The molecule has 2 aromatic carbocycles. The second-order valence-corrected chi connectivity index (χ2v) is 5.82. The Morgan fingerprint density at radius 1 is 1.15 bits per heavy atom. The second-order valence-electron chi connectivity index (χ2n) is 5.82. The van der Waals surface area contributed by atoms with Crippen LogP contribution in [0, 0.1) is 17.1 Å². The number of hydrogen-bond acceptors (Lipinski definition) is 5. The smallest absolute Gasteiger partial charge is 0.303 e. The lowest BCUT2D eigenvalue weighted by atomic mass is 9.97. The highest BCUT2D eigenvalue weighted by Gasteiger charge is 2.22. The van der Waals surface area contributed by atoms with Gasteiger partial charge in [0.1, 0.15) is 23.1 Å². The fraction of sp³-hybridized carbons (Fsp3) is 0.100. The monoisotopic (exact) mass is 364 g/mol. The molecular weight excluding hydrogens is 351 g/mol. The molecule has 1 heterocycles. The summed E-state index contributed by atoms with van der Waals surface area (Å²) in [5.41, 5.74) is 0.708. The van der Waals surface area contributed by atoms with Crippen molar-refractivity contribution in [3.8, 4) is 22.9 Å². The van der Waals surface area contributed by atoms with Crippen molar-refractivity contribution in [2.75, 3.05) is 0 Å². The Kier molecular flexibility index (Phi) is 4.81. The first-order chi connectivity index (χ1) is 12.9. The molecule has 0 bridgehead atoms. The number of carboxylic acid groups (broad SMARTS) is 1. The summed E-state index contributed by atoms with van der Waals surface area (Å²) < 4.78 is 13.6. The van der Waals surface area contributed by atoms with Crippen LogP contribution in [-0.2, 0) is 4.79 Å². The average molecular weight is 364 g/mol. The number of halogens is 1. The van der Waals surface area contributed by atoms with Crippen LogP contribution in [0.2, 0.25) is 0 Å². The summed E-state index contributed by atoms with van der Waals surface area (Å²) in [6, 6.07) is 12.5. The largest absolute Gasteiger partial charge is 0.504 e. The number of pyridine rings is 1. The first-order valence-corrected chi connectivity index (χ1v) is 7.99. The molecule has 0 amide bonds. The first-order valence-electron chi connectivity index (χ1n) is 7.99. The molecule has 3 rings (SSSR count). The average Bonchev–Trinajstić information content (AvgIpc) is 2.65. The van der Waals surface area contributed by atoms with E-state index in [1.54, 1.807) is 24.3 Å². The summed E-state index contributed by atoms with van der Waals surface area (Å²) >= 11 is 0. The number of benzene rings is 2. The van der Waals surface area contributed by atoms with Gasteiger partial charge in [-0.2, -0.15) is 5.26 Å². The second kappa shape index (κ2) is 7.22. The van der Waals surface area contributed by atoms with Gasteiger partial charge in [-0.15, -0.1) is 0 Å². The lowest BCUT2D eigenvalue weighted by molar-refractivity contribution is -0.136. The molecule has 0 radical (unpaired) electrons. The summed E-state index contributed by atoms with van der Waals surface area (Å²) in [5, 5.41) is 28.8. The minimum atomic E-state index is -1.16. The summed E-state index contributed by atoms with van der Waals surface area (Å²) in [6.45, 7) is 0. The number of para-hydroxylation sites is 1. The van der Waals surface area contributed by atoms with E-state index >= 15 is 0 Å². The van der Waals surface area contributed by atoms with Crippen LogP contribution in [-0.4, -0.2) is 26.9 Å². The quantitative estimate of drug-likeness (QED) is 0.668. The standard InChI is InChI=1S/C20H13FN2O4/c21-12-4-1-3-11(9-12)13-5-2-6-14-15(10-22)20(27)19(23-18(13)14)16(24)7-8-17(25)26/h1-6,9,27H,7-8H2,(H,25,26). The van der Waals surface area contributed by atoms with Crippen LogP contribution in [0.4, 0.5) is 4.39 Å². The summed E-state index contributed by atoms with van der Waals surface area (Å²) in [7, 11) is 0. The zero-order valence-electron chi connectivity index (χ0n) is 13.9. The number of aromatic hydroxyl groups is 1. The molecule has 0 saturated carbocycles. The van der Waals surface area contributed by atoms with E-state index in [2.05, 4.69) is 4.98 Å². The number of aromatic nitrogens is 1. The molecular formula is C20H13FN2O4. The summed E-state index contributed by atoms with van der Waals surface area (Å²) in [5.74, 6) is -2.90. The molecule has 0 fully saturated rings. The van der Waals surface area contributed by atoms with Gasteiger partial charge in [0, 0.05) is 17.4 Å². The Balaban J connectivity index is 2.26. The van der Waals surface area contributed by atoms with Crippen molar-refractivity contribution in [1.82, 2.24) is 4.98 Å². The van der Waals surface area contributed by atoms with Crippen molar-refractivity contribution in [3.63, 3.8) is 0 Å². The van der Waals surface area contributed by atoms with Crippen LogP contribution >= 0.6 is 0 Å². The van der Waals surface area contributed by atoms with Gasteiger partial charge in [-0.25, -0.2) is 9.37 Å². The third-order valence-electron chi connectivity index (χ3n) is 4.07. The Labute approximate surface area is 153 Å². The zero-order valence-corrected chi connectivity index (χ0v) is 13.9. The number of nitrogens with zero attached hydrogens (tertiary/aromatic N) is 2. The number of carbonyl (C=O) groups is 2. The van der Waals surface area contributed by atoms with Crippen LogP contribution in [0.5, 0.6) is 5.75 Å². The molecule has 0 atom stereocenters. The summed E-state index contributed by atoms with van der Waals surface area (Å²) in [4.78, 5) is 27.2. The zero-order chi connectivity index (χ0) is 19.6. The number of carboxylic acids is 1. The maximum atomic E-state index is 13.6. The van der Waals surface area contributed by atoms with Gasteiger partial charge >= 0.3 is 5.97 Å². The molecule has 3 aromatic rings. The highest BCUT2D eigenvalue weighted by molar-refractivity contribution is 6.05. The van der Waals surface area contributed by atoms with Crippen molar-refractivity contribution < 1.29 is 24.2 Å². The van der Waals surface area contributed by atoms with E-state index in [4.69, 9.17) is 5.11 Å². The molecule has 0 spiro atoms. The number of hydrogen-bond donors (Lipinski definition) is 2. The van der Waals surface area contributed by atoms with Gasteiger partial charge in [0.05, 0.1) is 11.9 Å². The Morgan fingerprint density at radius 3 is 2.56 bits per heavy atom. The molecule has 6 nitrogen and oxygen atoms in total. The van der Waals surface area contributed by atoms with E-state index in [1.165, 1.54) is 18.2 Å². The molecule has 0 aliphatic carbocycles. The number of nitriles is 1. The highest BCUT2D eigenvalue weighted by Crippen LogP contribution is 2.34. The van der Waals surface area contributed by atoms with Gasteiger partial charge in [-0.05, 0) is 17.7 Å². The molecule has 1 aromatic heterocycles. The molecule has 0 aliphatic heterocycles. The van der Waals surface area contributed by atoms with Crippen molar-refractivity contribution in [1.29, 1.82) is 5.26 Å². The van der Waals surface area contributed by atoms with Crippen LogP contribution in [0.15, 0.2) is 42.5 Å². The number of ketones is 1. The van der Waals surface area contributed by atoms with E-state index in [9.17, 15) is 24.3 Å². The topological polar surface area (TPSA) is 111 Å². The number of rotatable bonds is 5. The van der Waals surface area contributed by atoms with Gasteiger partial charge in [0.15, 0.2) is 11.5 Å². The molecule has 0 unspecified atom stereocenters. The van der Waals surface area contributed by atoms with E-state index in [0.29, 0.717) is 16.5 Å². The van der Waals surface area contributed by atoms with Gasteiger partial charge in [0.2, 0.25) is 0 Å². The van der Waals surface area contributed by atoms with E-state index in [0.717, 1.165) is 0 Å². The third kappa shape index (κ3) is 3.46. The minimum Gasteiger partial charge on any atom is -0.504 e. The van der Waals surface area contributed by atoms with Gasteiger partial charge in [-0.3, -0.25) is 9.59 Å². The maximum Gasteiger partial charge on any atom is 0.303 e. The summed E-state index contributed by atoms with van der Waals surface area (Å²) in [6.07, 6.45) is -0.792. The number of Topliss-reactive ketones (excluding diaryl/α,β-unsaturated/α-hetero) is 1. The number of carbonyl (C=O) groups excluding carboxylic acids is 1. The Hall–Kier alpha value is -3.79. The van der Waals surface area contributed by atoms with Gasteiger partial charge < -0.3 is 10.2 Å². The molecule has 134 valence electrons. The molecule has 0 saturated heterocycles. The van der Waals surface area contributed by atoms with Crippen LogP contribution in [0.3, 0.4) is 0 Å². The normalized spacial score (nSPS) is 10.5. The lowest BCUT2D eigenvalue weighted by Crippen LogP contribution is -2.08. The van der Waals surface area contributed by atoms with Crippen LogP contribution < -0.4 is 0 Å². The molecule has 7 heteroatoms. The van der Waals surface area contributed by atoms with Crippen molar-refractivity contribution >= 4 is 22.7 Å². The van der Waals surface area contributed by atoms with Crippen LogP contribution in [0.25, 0.3) is 22.0 Å². The molecule has 27 heavy (non-hydrogen) atoms. The minimum absolute atomic E-state index is 0.142. The fourth-order valence-electron chi connectivity index (χ4n) is 2.81. The van der Waals surface area contributed by atoms with E-state index < -0.39 is 29.7 Å². The molecule has 0 aliphatic rings.